The number of fused-ring (bicyclic) bond motifs is 1. The van der Waals surface area contributed by atoms with Crippen molar-refractivity contribution in [2.24, 2.45) is 0 Å². The van der Waals surface area contributed by atoms with E-state index in [1.165, 1.54) is 0 Å². The summed E-state index contributed by atoms with van der Waals surface area (Å²) >= 11 is 0. The van der Waals surface area contributed by atoms with E-state index in [1.54, 1.807) is 18.2 Å². The van der Waals surface area contributed by atoms with Crippen molar-refractivity contribution >= 4 is 11.6 Å². The molecule has 3 aromatic rings. The highest BCUT2D eigenvalue weighted by Gasteiger charge is 2.28. The van der Waals surface area contributed by atoms with E-state index in [0.717, 1.165) is 11.2 Å². The number of morpholine rings is 1. The Hall–Kier alpha value is -2.78. The number of rotatable bonds is 5. The van der Waals surface area contributed by atoms with Crippen molar-refractivity contribution in [3.05, 3.63) is 47.5 Å². The van der Waals surface area contributed by atoms with E-state index in [2.05, 4.69) is 15.1 Å². The zero-order valence-corrected chi connectivity index (χ0v) is 15.3. The van der Waals surface area contributed by atoms with Gasteiger partial charge in [-0.2, -0.15) is 4.98 Å². The van der Waals surface area contributed by atoms with Crippen LogP contribution in [0.15, 0.2) is 29.0 Å². The molecule has 0 spiro atoms. The van der Waals surface area contributed by atoms with E-state index in [4.69, 9.17) is 14.0 Å². The molecular formula is C18H21N5O4. The maximum Gasteiger partial charge on any atom is 0.274 e. The van der Waals surface area contributed by atoms with Crippen molar-refractivity contribution in [2.75, 3.05) is 26.8 Å². The number of pyridine rings is 1. The fourth-order valence-corrected chi connectivity index (χ4v) is 3.15. The largest absolute Gasteiger partial charge is 0.377 e. The zero-order chi connectivity index (χ0) is 18.8. The highest BCUT2D eigenvalue weighted by molar-refractivity contribution is 5.93. The lowest BCUT2D eigenvalue weighted by Crippen LogP contribution is -2.46. The Morgan fingerprint density at radius 3 is 3.07 bits per heavy atom. The molecule has 4 heterocycles. The average molecular weight is 371 g/mol. The standard InChI is InChI=1S/C18H21N5O4/c1-12-3-4-16-19-14(10-23(16)8-12)18(24)22-5-6-26-13(9-22)7-17-20-15(11-25-2)21-27-17/h3-4,8,10,13H,5-7,9,11H2,1-2H3. The highest BCUT2D eigenvalue weighted by atomic mass is 16.5. The number of methoxy groups -OCH3 is 1. The third-order valence-electron chi connectivity index (χ3n) is 4.43. The Labute approximate surface area is 155 Å². The predicted molar refractivity (Wildman–Crippen MR) is 94.3 cm³/mol. The summed E-state index contributed by atoms with van der Waals surface area (Å²) in [6, 6.07) is 3.88. The van der Waals surface area contributed by atoms with Crippen LogP contribution in [-0.2, 0) is 22.5 Å². The molecule has 1 unspecified atom stereocenters. The number of aryl methyl sites for hydroxylation is 1. The Morgan fingerprint density at radius 1 is 1.33 bits per heavy atom. The number of ether oxygens (including phenoxy) is 2. The third-order valence-corrected chi connectivity index (χ3v) is 4.43. The summed E-state index contributed by atoms with van der Waals surface area (Å²) in [5.74, 6) is 0.871. The summed E-state index contributed by atoms with van der Waals surface area (Å²) in [6.45, 7) is 3.74. The first kappa shape index (κ1) is 17.6. The Balaban J connectivity index is 1.44. The molecular weight excluding hydrogens is 350 g/mol. The van der Waals surface area contributed by atoms with Crippen LogP contribution in [0.3, 0.4) is 0 Å². The van der Waals surface area contributed by atoms with Gasteiger partial charge in [0.2, 0.25) is 5.89 Å². The molecule has 0 aliphatic carbocycles. The number of carbonyl (C=O) groups excluding carboxylic acids is 1. The second-order valence-corrected chi connectivity index (χ2v) is 6.58. The van der Waals surface area contributed by atoms with Gasteiger partial charge in [0.1, 0.15) is 17.9 Å². The molecule has 1 amide bonds. The molecule has 9 nitrogen and oxygen atoms in total. The van der Waals surface area contributed by atoms with Crippen molar-refractivity contribution in [1.82, 2.24) is 24.4 Å². The van der Waals surface area contributed by atoms with Crippen molar-refractivity contribution < 1.29 is 18.8 Å². The van der Waals surface area contributed by atoms with Crippen LogP contribution in [0.25, 0.3) is 5.65 Å². The molecule has 0 bridgehead atoms. The van der Waals surface area contributed by atoms with Crippen LogP contribution in [0, 0.1) is 6.92 Å². The van der Waals surface area contributed by atoms with Gasteiger partial charge in [-0.3, -0.25) is 4.79 Å². The van der Waals surface area contributed by atoms with Crippen molar-refractivity contribution in [3.8, 4) is 0 Å². The monoisotopic (exact) mass is 371 g/mol. The molecule has 1 saturated heterocycles. The lowest BCUT2D eigenvalue weighted by molar-refractivity contribution is -0.0239. The molecule has 9 heteroatoms. The van der Waals surface area contributed by atoms with Crippen LogP contribution in [-0.4, -0.2) is 63.2 Å². The van der Waals surface area contributed by atoms with Gasteiger partial charge in [0, 0.05) is 32.6 Å². The number of carbonyl (C=O) groups is 1. The topological polar surface area (TPSA) is 95.0 Å². The number of hydrogen-bond acceptors (Lipinski definition) is 7. The average Bonchev–Trinajstić information content (AvgIpc) is 3.28. The Morgan fingerprint density at radius 2 is 2.22 bits per heavy atom. The van der Waals surface area contributed by atoms with Gasteiger partial charge >= 0.3 is 0 Å². The highest BCUT2D eigenvalue weighted by Crippen LogP contribution is 2.15. The van der Waals surface area contributed by atoms with Gasteiger partial charge in [-0.15, -0.1) is 0 Å². The number of imidazole rings is 1. The summed E-state index contributed by atoms with van der Waals surface area (Å²) in [4.78, 5) is 23.3. The van der Waals surface area contributed by atoms with Gasteiger partial charge in [-0.1, -0.05) is 11.2 Å². The van der Waals surface area contributed by atoms with Crippen LogP contribution >= 0.6 is 0 Å². The van der Waals surface area contributed by atoms with E-state index in [-0.39, 0.29) is 12.0 Å². The minimum atomic E-state index is -0.196. The first-order valence-corrected chi connectivity index (χ1v) is 8.79. The summed E-state index contributed by atoms with van der Waals surface area (Å²) in [6.07, 6.45) is 3.97. The van der Waals surface area contributed by atoms with Crippen molar-refractivity contribution in [2.45, 2.75) is 26.1 Å². The molecule has 0 N–H and O–H groups in total. The van der Waals surface area contributed by atoms with Crippen LogP contribution < -0.4 is 0 Å². The van der Waals surface area contributed by atoms with Crippen molar-refractivity contribution in [3.63, 3.8) is 0 Å². The summed E-state index contributed by atoms with van der Waals surface area (Å²) < 4.78 is 17.8. The number of nitrogens with zero attached hydrogens (tertiary/aromatic N) is 5. The fraction of sp³-hybridized carbons (Fsp3) is 0.444. The molecule has 0 radical (unpaired) electrons. The van der Waals surface area contributed by atoms with Crippen LogP contribution in [0.1, 0.15) is 27.8 Å². The zero-order valence-electron chi connectivity index (χ0n) is 15.3. The Kier molecular flexibility index (Phi) is 4.87. The molecule has 1 atom stereocenters. The number of amides is 1. The molecule has 1 fully saturated rings. The van der Waals surface area contributed by atoms with E-state index < -0.39 is 0 Å². The third kappa shape index (κ3) is 3.83. The molecule has 27 heavy (non-hydrogen) atoms. The molecule has 0 aromatic carbocycles. The Bertz CT molecular complexity index is 950. The van der Waals surface area contributed by atoms with Gasteiger partial charge in [0.05, 0.1) is 19.1 Å². The molecule has 4 rings (SSSR count). The minimum Gasteiger partial charge on any atom is -0.377 e. The molecule has 1 aliphatic rings. The molecule has 0 saturated carbocycles. The smallest absolute Gasteiger partial charge is 0.274 e. The second kappa shape index (κ2) is 7.45. The maximum absolute atomic E-state index is 12.9. The quantitative estimate of drug-likeness (QED) is 0.666. The molecule has 3 aromatic heterocycles. The SMILES string of the molecule is COCc1noc(CC2CN(C(=O)c3cn4cc(C)ccc4n3)CCO2)n1. The maximum atomic E-state index is 12.9. The molecule has 142 valence electrons. The van der Waals surface area contributed by atoms with Gasteiger partial charge < -0.3 is 23.3 Å². The summed E-state index contributed by atoms with van der Waals surface area (Å²) in [5.41, 5.74) is 2.30. The van der Waals surface area contributed by atoms with Gasteiger partial charge in [-0.25, -0.2) is 4.98 Å². The predicted octanol–water partition coefficient (Wildman–Crippen LogP) is 1.26. The van der Waals surface area contributed by atoms with E-state index in [9.17, 15) is 4.79 Å². The van der Waals surface area contributed by atoms with E-state index >= 15 is 0 Å². The van der Waals surface area contributed by atoms with Gasteiger partial charge in [0.25, 0.3) is 5.91 Å². The minimum absolute atomic E-state index is 0.102. The van der Waals surface area contributed by atoms with Crippen LogP contribution in [0.4, 0.5) is 0 Å². The normalized spacial score (nSPS) is 17.6. The first-order valence-electron chi connectivity index (χ1n) is 8.79. The number of aromatic nitrogens is 4. The second-order valence-electron chi connectivity index (χ2n) is 6.58. The van der Waals surface area contributed by atoms with E-state index in [0.29, 0.717) is 50.1 Å². The first-order chi connectivity index (χ1) is 13.1. The van der Waals surface area contributed by atoms with Crippen LogP contribution in [0.5, 0.6) is 0 Å². The molecule has 1 aliphatic heterocycles. The van der Waals surface area contributed by atoms with Crippen molar-refractivity contribution in [1.29, 1.82) is 0 Å². The summed E-state index contributed by atoms with van der Waals surface area (Å²) in [7, 11) is 1.57. The lowest BCUT2D eigenvalue weighted by Gasteiger charge is -2.31. The van der Waals surface area contributed by atoms with Crippen LogP contribution in [0.2, 0.25) is 0 Å². The lowest BCUT2D eigenvalue weighted by atomic mass is 10.2. The van der Waals surface area contributed by atoms with Gasteiger partial charge in [0.15, 0.2) is 5.82 Å². The van der Waals surface area contributed by atoms with E-state index in [1.807, 2.05) is 29.7 Å². The number of hydrogen-bond donors (Lipinski definition) is 0. The van der Waals surface area contributed by atoms with Gasteiger partial charge in [-0.05, 0) is 18.6 Å². The summed E-state index contributed by atoms with van der Waals surface area (Å²) in [5, 5.41) is 3.84. The fourth-order valence-electron chi connectivity index (χ4n) is 3.15.